The fourth-order valence-corrected chi connectivity index (χ4v) is 2.01. The van der Waals surface area contributed by atoms with E-state index in [0.717, 1.165) is 31.4 Å². The summed E-state index contributed by atoms with van der Waals surface area (Å²) in [5.41, 5.74) is 5.57. The van der Waals surface area contributed by atoms with Crippen molar-refractivity contribution in [2.45, 2.75) is 39.5 Å². The molecule has 1 aromatic rings. The molecule has 0 aliphatic heterocycles. The van der Waals surface area contributed by atoms with Crippen LogP contribution in [0.2, 0.25) is 0 Å². The zero-order valence-electron chi connectivity index (χ0n) is 11.4. The number of furan rings is 1. The first kappa shape index (κ1) is 14.8. The molecule has 0 aliphatic rings. The normalized spacial score (nSPS) is 12.4. The lowest BCUT2D eigenvalue weighted by molar-refractivity contribution is 0.0916. The molecule has 1 unspecified atom stereocenters. The van der Waals surface area contributed by atoms with Crippen LogP contribution in [0.4, 0.5) is 0 Å². The standard InChI is InChI=1S/C14H24N2O2/c1-3-5-11(8-9-15)10-16-14(17)13-7-6-12(4-2)18-13/h6-7,11H,3-5,8-10,15H2,1-2H3,(H,16,17). The van der Waals surface area contributed by atoms with Crippen molar-refractivity contribution in [3.05, 3.63) is 23.7 Å². The molecule has 0 aromatic carbocycles. The van der Waals surface area contributed by atoms with Crippen LogP contribution in [0.15, 0.2) is 16.5 Å². The zero-order chi connectivity index (χ0) is 13.4. The number of nitrogens with one attached hydrogen (secondary N) is 1. The first-order chi connectivity index (χ1) is 8.71. The van der Waals surface area contributed by atoms with Gasteiger partial charge in [0.1, 0.15) is 5.76 Å². The minimum atomic E-state index is -0.132. The SMILES string of the molecule is CCCC(CCN)CNC(=O)c1ccc(CC)o1. The van der Waals surface area contributed by atoms with Gasteiger partial charge in [-0.1, -0.05) is 20.3 Å². The molecule has 0 bridgehead atoms. The Morgan fingerprint density at radius 3 is 2.72 bits per heavy atom. The lowest BCUT2D eigenvalue weighted by Gasteiger charge is -2.15. The van der Waals surface area contributed by atoms with Gasteiger partial charge in [-0.15, -0.1) is 0 Å². The number of hydrogen-bond donors (Lipinski definition) is 2. The highest BCUT2D eigenvalue weighted by Gasteiger charge is 2.13. The first-order valence-electron chi connectivity index (χ1n) is 6.78. The van der Waals surface area contributed by atoms with Gasteiger partial charge in [-0.05, 0) is 37.4 Å². The van der Waals surface area contributed by atoms with Gasteiger partial charge in [0, 0.05) is 13.0 Å². The summed E-state index contributed by atoms with van der Waals surface area (Å²) in [5, 5.41) is 2.92. The second-order valence-corrected chi connectivity index (χ2v) is 4.56. The van der Waals surface area contributed by atoms with E-state index in [-0.39, 0.29) is 5.91 Å². The van der Waals surface area contributed by atoms with Crippen molar-refractivity contribution in [1.82, 2.24) is 5.32 Å². The van der Waals surface area contributed by atoms with E-state index >= 15 is 0 Å². The molecule has 4 nitrogen and oxygen atoms in total. The van der Waals surface area contributed by atoms with Crippen LogP contribution in [0.3, 0.4) is 0 Å². The third-order valence-corrected chi connectivity index (χ3v) is 3.06. The minimum absolute atomic E-state index is 0.132. The number of carbonyl (C=O) groups excluding carboxylic acids is 1. The quantitative estimate of drug-likeness (QED) is 0.746. The summed E-state index contributed by atoms with van der Waals surface area (Å²) >= 11 is 0. The molecule has 4 heteroatoms. The summed E-state index contributed by atoms with van der Waals surface area (Å²) in [7, 11) is 0. The predicted molar refractivity (Wildman–Crippen MR) is 72.5 cm³/mol. The van der Waals surface area contributed by atoms with Crippen LogP contribution in [-0.2, 0) is 6.42 Å². The molecule has 0 spiro atoms. The Kier molecular flexibility index (Phi) is 6.50. The van der Waals surface area contributed by atoms with Crippen molar-refractivity contribution in [3.63, 3.8) is 0 Å². The van der Waals surface area contributed by atoms with Crippen LogP contribution >= 0.6 is 0 Å². The van der Waals surface area contributed by atoms with E-state index in [9.17, 15) is 4.79 Å². The molecular weight excluding hydrogens is 228 g/mol. The van der Waals surface area contributed by atoms with Crippen LogP contribution in [0, 0.1) is 5.92 Å². The average Bonchev–Trinajstić information content (AvgIpc) is 2.85. The fourth-order valence-electron chi connectivity index (χ4n) is 2.01. The molecule has 1 atom stereocenters. The molecule has 0 aliphatic carbocycles. The molecule has 0 radical (unpaired) electrons. The van der Waals surface area contributed by atoms with Gasteiger partial charge in [0.15, 0.2) is 5.76 Å². The first-order valence-corrected chi connectivity index (χ1v) is 6.78. The summed E-state index contributed by atoms with van der Waals surface area (Å²) in [6.07, 6.45) is 3.96. The topological polar surface area (TPSA) is 68.3 Å². The molecule has 102 valence electrons. The summed E-state index contributed by atoms with van der Waals surface area (Å²) < 4.78 is 5.41. The summed E-state index contributed by atoms with van der Waals surface area (Å²) in [5.74, 6) is 1.57. The highest BCUT2D eigenvalue weighted by Crippen LogP contribution is 2.11. The van der Waals surface area contributed by atoms with Crippen molar-refractivity contribution in [1.29, 1.82) is 0 Å². The van der Waals surface area contributed by atoms with E-state index in [1.54, 1.807) is 6.07 Å². The third kappa shape index (κ3) is 4.53. The summed E-state index contributed by atoms with van der Waals surface area (Å²) in [4.78, 5) is 11.9. The van der Waals surface area contributed by atoms with E-state index in [4.69, 9.17) is 10.2 Å². The van der Waals surface area contributed by atoms with E-state index in [1.165, 1.54) is 0 Å². The maximum absolute atomic E-state index is 11.9. The molecule has 18 heavy (non-hydrogen) atoms. The maximum Gasteiger partial charge on any atom is 0.287 e. The molecular formula is C14H24N2O2. The van der Waals surface area contributed by atoms with Gasteiger partial charge in [-0.25, -0.2) is 0 Å². The van der Waals surface area contributed by atoms with E-state index in [1.807, 2.05) is 13.0 Å². The van der Waals surface area contributed by atoms with Crippen molar-refractivity contribution in [2.24, 2.45) is 11.7 Å². The van der Waals surface area contributed by atoms with Gasteiger partial charge in [0.25, 0.3) is 5.91 Å². The van der Waals surface area contributed by atoms with Gasteiger partial charge < -0.3 is 15.5 Å². The number of hydrogen-bond acceptors (Lipinski definition) is 3. The highest BCUT2D eigenvalue weighted by molar-refractivity contribution is 5.91. The largest absolute Gasteiger partial charge is 0.456 e. The van der Waals surface area contributed by atoms with Gasteiger partial charge >= 0.3 is 0 Å². The second-order valence-electron chi connectivity index (χ2n) is 4.56. The zero-order valence-corrected chi connectivity index (χ0v) is 11.4. The molecule has 1 heterocycles. The van der Waals surface area contributed by atoms with Crippen molar-refractivity contribution in [3.8, 4) is 0 Å². The van der Waals surface area contributed by atoms with Crippen LogP contribution in [0.1, 0.15) is 49.4 Å². The van der Waals surface area contributed by atoms with Crippen LogP contribution in [-0.4, -0.2) is 19.0 Å². The molecule has 1 rings (SSSR count). The van der Waals surface area contributed by atoms with Crippen LogP contribution in [0.25, 0.3) is 0 Å². The molecule has 0 saturated carbocycles. The Hall–Kier alpha value is -1.29. The van der Waals surface area contributed by atoms with Gasteiger partial charge in [0.05, 0.1) is 0 Å². The molecule has 1 amide bonds. The maximum atomic E-state index is 11.9. The van der Waals surface area contributed by atoms with E-state index in [2.05, 4.69) is 12.2 Å². The molecule has 3 N–H and O–H groups in total. The Morgan fingerprint density at radius 2 is 2.17 bits per heavy atom. The average molecular weight is 252 g/mol. The Labute approximate surface area is 109 Å². The Balaban J connectivity index is 2.43. The molecule has 0 fully saturated rings. The van der Waals surface area contributed by atoms with Crippen molar-refractivity contribution >= 4 is 5.91 Å². The smallest absolute Gasteiger partial charge is 0.287 e. The Morgan fingerprint density at radius 1 is 1.39 bits per heavy atom. The Bertz CT molecular complexity index is 354. The van der Waals surface area contributed by atoms with Gasteiger partial charge in [-0.2, -0.15) is 0 Å². The lowest BCUT2D eigenvalue weighted by atomic mass is 10.00. The second kappa shape index (κ2) is 7.93. The number of amides is 1. The monoisotopic (exact) mass is 252 g/mol. The summed E-state index contributed by atoms with van der Waals surface area (Å²) in [6.45, 7) is 5.48. The lowest BCUT2D eigenvalue weighted by Crippen LogP contribution is -2.30. The molecule has 1 aromatic heterocycles. The number of rotatable bonds is 8. The number of aryl methyl sites for hydroxylation is 1. The van der Waals surface area contributed by atoms with Crippen molar-refractivity contribution < 1.29 is 9.21 Å². The van der Waals surface area contributed by atoms with E-state index < -0.39 is 0 Å². The summed E-state index contributed by atoms with van der Waals surface area (Å²) in [6, 6.07) is 3.57. The van der Waals surface area contributed by atoms with Crippen LogP contribution in [0.5, 0.6) is 0 Å². The van der Waals surface area contributed by atoms with Gasteiger partial charge in [0.2, 0.25) is 0 Å². The van der Waals surface area contributed by atoms with Crippen LogP contribution < -0.4 is 11.1 Å². The minimum Gasteiger partial charge on any atom is -0.456 e. The molecule has 0 saturated heterocycles. The highest BCUT2D eigenvalue weighted by atomic mass is 16.3. The predicted octanol–water partition coefficient (Wildman–Crippen LogP) is 2.34. The third-order valence-electron chi connectivity index (χ3n) is 3.06. The van der Waals surface area contributed by atoms with Gasteiger partial charge in [-0.3, -0.25) is 4.79 Å². The fraction of sp³-hybridized carbons (Fsp3) is 0.643. The number of carbonyl (C=O) groups is 1. The van der Waals surface area contributed by atoms with E-state index in [0.29, 0.717) is 24.8 Å². The van der Waals surface area contributed by atoms with Crippen molar-refractivity contribution in [2.75, 3.05) is 13.1 Å². The number of nitrogens with two attached hydrogens (primary N) is 1.